The molecule has 2 rings (SSSR count). The van der Waals surface area contributed by atoms with Crippen molar-refractivity contribution in [3.8, 4) is 0 Å². The van der Waals surface area contributed by atoms with Gasteiger partial charge in [-0.3, -0.25) is 9.36 Å². The van der Waals surface area contributed by atoms with Crippen LogP contribution in [0.15, 0.2) is 24.4 Å². The maximum Gasteiger partial charge on any atom is 0.232 e. The standard InChI is InChI=1S/C12H14N2O/c1-3-10-8-9-6-5-7-13-12(9)14(10)11(15)4-2/h5-8H,3-4H2,1-2H3. The van der Waals surface area contributed by atoms with Gasteiger partial charge in [0.25, 0.3) is 0 Å². The summed E-state index contributed by atoms with van der Waals surface area (Å²) in [5.41, 5.74) is 1.82. The van der Waals surface area contributed by atoms with E-state index in [4.69, 9.17) is 0 Å². The second kappa shape index (κ2) is 3.85. The highest BCUT2D eigenvalue weighted by atomic mass is 16.2. The molecule has 2 aromatic rings. The zero-order valence-electron chi connectivity index (χ0n) is 9.03. The third-order valence-electron chi connectivity index (χ3n) is 2.55. The van der Waals surface area contributed by atoms with Crippen LogP contribution < -0.4 is 0 Å². The average molecular weight is 202 g/mol. The van der Waals surface area contributed by atoms with Gasteiger partial charge in [-0.15, -0.1) is 0 Å². The van der Waals surface area contributed by atoms with Crippen molar-refractivity contribution in [1.82, 2.24) is 9.55 Å². The lowest BCUT2D eigenvalue weighted by atomic mass is 10.3. The lowest BCUT2D eigenvalue weighted by molar-refractivity contribution is 0.0910. The van der Waals surface area contributed by atoms with E-state index >= 15 is 0 Å². The first kappa shape index (κ1) is 9.90. The number of pyridine rings is 1. The van der Waals surface area contributed by atoms with Gasteiger partial charge in [0.2, 0.25) is 5.91 Å². The monoisotopic (exact) mass is 202 g/mol. The van der Waals surface area contributed by atoms with Crippen LogP contribution in [0.25, 0.3) is 11.0 Å². The number of aryl methyl sites for hydroxylation is 1. The molecule has 0 saturated carbocycles. The number of aromatic nitrogens is 2. The van der Waals surface area contributed by atoms with Gasteiger partial charge < -0.3 is 0 Å². The number of hydrogen-bond acceptors (Lipinski definition) is 2. The van der Waals surface area contributed by atoms with Gasteiger partial charge in [0, 0.05) is 23.7 Å². The van der Waals surface area contributed by atoms with Crippen LogP contribution in [0.1, 0.15) is 30.8 Å². The molecule has 15 heavy (non-hydrogen) atoms. The molecule has 0 aliphatic heterocycles. The number of rotatable bonds is 2. The summed E-state index contributed by atoms with van der Waals surface area (Å²) in [7, 11) is 0. The number of fused-ring (bicyclic) bond motifs is 1. The Labute approximate surface area is 88.7 Å². The van der Waals surface area contributed by atoms with Crippen LogP contribution in [-0.4, -0.2) is 15.5 Å². The fourth-order valence-electron chi connectivity index (χ4n) is 1.79. The van der Waals surface area contributed by atoms with E-state index in [1.54, 1.807) is 10.8 Å². The summed E-state index contributed by atoms with van der Waals surface area (Å²) >= 11 is 0. The van der Waals surface area contributed by atoms with Crippen molar-refractivity contribution in [1.29, 1.82) is 0 Å². The smallest absolute Gasteiger partial charge is 0.232 e. The molecule has 3 heteroatoms. The summed E-state index contributed by atoms with van der Waals surface area (Å²) in [6.45, 7) is 3.92. The molecule has 0 saturated heterocycles. The van der Waals surface area contributed by atoms with E-state index in [0.29, 0.717) is 6.42 Å². The van der Waals surface area contributed by atoms with Gasteiger partial charge in [0.05, 0.1) is 0 Å². The molecule has 0 radical (unpaired) electrons. The Balaban J connectivity index is 2.72. The molecule has 0 atom stereocenters. The fraction of sp³-hybridized carbons (Fsp3) is 0.333. The molecule has 0 N–H and O–H groups in total. The fourth-order valence-corrected chi connectivity index (χ4v) is 1.79. The molecular weight excluding hydrogens is 188 g/mol. The van der Waals surface area contributed by atoms with Gasteiger partial charge in [-0.1, -0.05) is 13.8 Å². The summed E-state index contributed by atoms with van der Waals surface area (Å²) in [5.74, 6) is 0.112. The molecule has 2 heterocycles. The summed E-state index contributed by atoms with van der Waals surface area (Å²) in [6, 6.07) is 5.92. The van der Waals surface area contributed by atoms with E-state index in [1.165, 1.54) is 0 Å². The highest BCUT2D eigenvalue weighted by molar-refractivity contribution is 5.91. The maximum absolute atomic E-state index is 11.8. The molecule has 78 valence electrons. The van der Waals surface area contributed by atoms with Crippen LogP contribution in [0.4, 0.5) is 0 Å². The molecule has 0 aromatic carbocycles. The molecular formula is C12H14N2O. The van der Waals surface area contributed by atoms with Crippen molar-refractivity contribution in [3.63, 3.8) is 0 Å². The summed E-state index contributed by atoms with van der Waals surface area (Å²) in [6.07, 6.45) is 3.08. The van der Waals surface area contributed by atoms with Gasteiger partial charge in [0.1, 0.15) is 5.65 Å². The summed E-state index contributed by atoms with van der Waals surface area (Å²) in [4.78, 5) is 16.1. The minimum absolute atomic E-state index is 0.112. The second-order valence-corrected chi connectivity index (χ2v) is 3.49. The van der Waals surface area contributed by atoms with Gasteiger partial charge in [-0.2, -0.15) is 0 Å². The van der Waals surface area contributed by atoms with E-state index in [0.717, 1.165) is 23.1 Å². The molecule has 0 fully saturated rings. The van der Waals surface area contributed by atoms with Crippen molar-refractivity contribution in [2.75, 3.05) is 0 Å². The Kier molecular flexibility index (Phi) is 2.54. The Morgan fingerprint density at radius 2 is 2.27 bits per heavy atom. The predicted molar refractivity (Wildman–Crippen MR) is 60.0 cm³/mol. The first-order valence-electron chi connectivity index (χ1n) is 5.26. The molecule has 0 unspecified atom stereocenters. The summed E-state index contributed by atoms with van der Waals surface area (Å²) in [5, 5.41) is 1.04. The number of hydrogen-bond donors (Lipinski definition) is 0. The van der Waals surface area contributed by atoms with Crippen molar-refractivity contribution >= 4 is 16.9 Å². The lowest BCUT2D eigenvalue weighted by Crippen LogP contribution is -2.12. The van der Waals surface area contributed by atoms with Gasteiger partial charge in [-0.05, 0) is 24.6 Å². The molecule has 0 aliphatic carbocycles. The van der Waals surface area contributed by atoms with E-state index in [9.17, 15) is 4.79 Å². The maximum atomic E-state index is 11.8. The van der Waals surface area contributed by atoms with Crippen LogP contribution >= 0.6 is 0 Å². The zero-order chi connectivity index (χ0) is 10.8. The minimum Gasteiger partial charge on any atom is -0.274 e. The summed E-state index contributed by atoms with van der Waals surface area (Å²) < 4.78 is 1.73. The van der Waals surface area contributed by atoms with Gasteiger partial charge in [-0.25, -0.2) is 4.98 Å². The average Bonchev–Trinajstić information content (AvgIpc) is 2.66. The van der Waals surface area contributed by atoms with Crippen LogP contribution in [0.2, 0.25) is 0 Å². The van der Waals surface area contributed by atoms with Crippen molar-refractivity contribution < 1.29 is 4.79 Å². The van der Waals surface area contributed by atoms with E-state index in [-0.39, 0.29) is 5.91 Å². The third kappa shape index (κ3) is 1.54. The van der Waals surface area contributed by atoms with E-state index < -0.39 is 0 Å². The van der Waals surface area contributed by atoms with E-state index in [1.807, 2.05) is 32.0 Å². The molecule has 0 bridgehead atoms. The SMILES string of the molecule is CCC(=O)n1c(CC)cc2cccnc21. The number of carbonyl (C=O) groups excluding carboxylic acids is 1. The zero-order valence-corrected chi connectivity index (χ0v) is 9.03. The lowest BCUT2D eigenvalue weighted by Gasteiger charge is -2.04. The first-order valence-corrected chi connectivity index (χ1v) is 5.26. The van der Waals surface area contributed by atoms with Crippen LogP contribution in [0, 0.1) is 0 Å². The molecule has 2 aromatic heterocycles. The van der Waals surface area contributed by atoms with Crippen molar-refractivity contribution in [2.45, 2.75) is 26.7 Å². The van der Waals surface area contributed by atoms with Crippen LogP contribution in [0.3, 0.4) is 0 Å². The van der Waals surface area contributed by atoms with Crippen LogP contribution in [0.5, 0.6) is 0 Å². The van der Waals surface area contributed by atoms with Crippen molar-refractivity contribution in [3.05, 3.63) is 30.1 Å². The number of carbonyl (C=O) groups is 1. The molecule has 0 spiro atoms. The molecule has 0 aliphatic rings. The van der Waals surface area contributed by atoms with Gasteiger partial charge in [0.15, 0.2) is 0 Å². The predicted octanol–water partition coefficient (Wildman–Crippen LogP) is 2.65. The Morgan fingerprint density at radius 3 is 2.93 bits per heavy atom. The Hall–Kier alpha value is -1.64. The normalized spacial score (nSPS) is 10.8. The molecule has 3 nitrogen and oxygen atoms in total. The topological polar surface area (TPSA) is 34.9 Å². The highest BCUT2D eigenvalue weighted by Gasteiger charge is 2.12. The molecule has 0 amide bonds. The quantitative estimate of drug-likeness (QED) is 0.750. The third-order valence-corrected chi connectivity index (χ3v) is 2.55. The minimum atomic E-state index is 0.112. The Bertz CT molecular complexity index is 499. The Morgan fingerprint density at radius 1 is 1.47 bits per heavy atom. The van der Waals surface area contributed by atoms with Crippen molar-refractivity contribution in [2.24, 2.45) is 0 Å². The first-order chi connectivity index (χ1) is 7.27. The van der Waals surface area contributed by atoms with E-state index in [2.05, 4.69) is 4.98 Å². The number of nitrogens with zero attached hydrogens (tertiary/aromatic N) is 2. The van der Waals surface area contributed by atoms with Gasteiger partial charge >= 0.3 is 0 Å². The largest absolute Gasteiger partial charge is 0.274 e. The highest BCUT2D eigenvalue weighted by Crippen LogP contribution is 2.18. The second-order valence-electron chi connectivity index (χ2n) is 3.49. The van der Waals surface area contributed by atoms with Crippen LogP contribution in [-0.2, 0) is 6.42 Å².